The summed E-state index contributed by atoms with van der Waals surface area (Å²) in [6, 6.07) is 6.30. The third-order valence-electron chi connectivity index (χ3n) is 3.02. The van der Waals surface area contributed by atoms with Crippen molar-refractivity contribution in [2.24, 2.45) is 0 Å². The van der Waals surface area contributed by atoms with Crippen molar-refractivity contribution < 1.29 is 4.63 Å². The minimum Gasteiger partial charge on any atom is -0.336 e. The summed E-state index contributed by atoms with van der Waals surface area (Å²) in [6.07, 6.45) is 5.58. The summed E-state index contributed by atoms with van der Waals surface area (Å²) in [6.45, 7) is 3.84. The van der Waals surface area contributed by atoms with Gasteiger partial charge in [0, 0.05) is 31.5 Å². The van der Waals surface area contributed by atoms with Crippen LogP contribution in [-0.4, -0.2) is 25.9 Å². The smallest absolute Gasteiger partial charge is 0.135 e. The van der Waals surface area contributed by atoms with E-state index >= 15 is 0 Å². The first-order valence-electron chi connectivity index (χ1n) is 6.21. The zero-order valence-electron chi connectivity index (χ0n) is 10.7. The van der Waals surface area contributed by atoms with Crippen LogP contribution in [0, 0.1) is 0 Å². The molecule has 19 heavy (non-hydrogen) atoms. The quantitative estimate of drug-likeness (QED) is 0.751. The second-order valence-electron chi connectivity index (χ2n) is 4.63. The topological polar surface area (TPSA) is 68.8 Å². The van der Waals surface area contributed by atoms with Crippen molar-refractivity contribution in [3.63, 3.8) is 0 Å². The zero-order chi connectivity index (χ0) is 13.1. The van der Waals surface area contributed by atoms with Crippen LogP contribution < -0.4 is 5.32 Å². The predicted molar refractivity (Wildman–Crippen MR) is 70.3 cm³/mol. The van der Waals surface area contributed by atoms with Gasteiger partial charge in [0.05, 0.1) is 6.33 Å². The van der Waals surface area contributed by atoms with Crippen LogP contribution in [0.1, 0.15) is 12.5 Å². The molecule has 0 aliphatic heterocycles. The lowest BCUT2D eigenvalue weighted by Crippen LogP contribution is -2.29. The molecule has 0 bridgehead atoms. The van der Waals surface area contributed by atoms with Gasteiger partial charge in [-0.3, -0.25) is 0 Å². The molecule has 2 aromatic heterocycles. The van der Waals surface area contributed by atoms with Crippen LogP contribution in [0.3, 0.4) is 0 Å². The first-order valence-corrected chi connectivity index (χ1v) is 6.21. The number of imidazole rings is 1. The normalized spacial score (nSPS) is 12.9. The fraction of sp³-hybridized carbons (Fsp3) is 0.308. The Morgan fingerprint density at radius 2 is 2.21 bits per heavy atom. The van der Waals surface area contributed by atoms with Crippen molar-refractivity contribution >= 4 is 11.0 Å². The second kappa shape index (κ2) is 5.19. The average molecular weight is 257 g/mol. The number of nitrogens with one attached hydrogen (secondary N) is 1. The Bertz CT molecular complexity index is 646. The van der Waals surface area contributed by atoms with Crippen LogP contribution in [0.4, 0.5) is 0 Å². The standard InChI is InChI=1S/C13H15N5O/c1-10(8-18-5-4-14-9-18)15-7-11-2-3-12-13(6-11)17-19-16-12/h2-6,9-10,15H,7-8H2,1H3/t10-/m1/s1. The highest BCUT2D eigenvalue weighted by Gasteiger charge is 2.04. The maximum absolute atomic E-state index is 4.68. The first kappa shape index (κ1) is 11.9. The van der Waals surface area contributed by atoms with Gasteiger partial charge in [0.1, 0.15) is 11.0 Å². The summed E-state index contributed by atoms with van der Waals surface area (Å²) in [5, 5.41) is 11.1. The Kier molecular flexibility index (Phi) is 3.24. The monoisotopic (exact) mass is 257 g/mol. The molecule has 1 aromatic carbocycles. The van der Waals surface area contributed by atoms with E-state index in [0.29, 0.717) is 6.04 Å². The molecule has 98 valence electrons. The van der Waals surface area contributed by atoms with E-state index in [0.717, 1.165) is 24.1 Å². The van der Waals surface area contributed by atoms with Crippen LogP contribution in [-0.2, 0) is 13.1 Å². The number of fused-ring (bicyclic) bond motifs is 1. The van der Waals surface area contributed by atoms with Crippen LogP contribution in [0.2, 0.25) is 0 Å². The molecule has 0 aliphatic rings. The van der Waals surface area contributed by atoms with E-state index in [1.807, 2.05) is 30.7 Å². The van der Waals surface area contributed by atoms with Crippen LogP contribution in [0.15, 0.2) is 41.5 Å². The lowest BCUT2D eigenvalue weighted by Gasteiger charge is -2.14. The van der Waals surface area contributed by atoms with Crippen molar-refractivity contribution in [2.75, 3.05) is 0 Å². The Labute approximate surface area is 110 Å². The third kappa shape index (κ3) is 2.79. The van der Waals surface area contributed by atoms with Gasteiger partial charge in [-0.25, -0.2) is 9.61 Å². The van der Waals surface area contributed by atoms with Gasteiger partial charge in [0.2, 0.25) is 0 Å². The summed E-state index contributed by atoms with van der Waals surface area (Å²) in [7, 11) is 0. The number of hydrogen-bond acceptors (Lipinski definition) is 5. The molecule has 2 heterocycles. The van der Waals surface area contributed by atoms with Crippen molar-refractivity contribution in [1.29, 1.82) is 0 Å². The van der Waals surface area contributed by atoms with E-state index in [9.17, 15) is 0 Å². The lowest BCUT2D eigenvalue weighted by molar-refractivity contribution is 0.315. The number of benzene rings is 1. The van der Waals surface area contributed by atoms with E-state index < -0.39 is 0 Å². The summed E-state index contributed by atoms with van der Waals surface area (Å²) in [5.74, 6) is 0. The van der Waals surface area contributed by atoms with Gasteiger partial charge < -0.3 is 9.88 Å². The first-order chi connectivity index (χ1) is 9.31. The minimum atomic E-state index is 0.361. The molecule has 6 heteroatoms. The molecule has 0 spiro atoms. The zero-order valence-corrected chi connectivity index (χ0v) is 10.7. The summed E-state index contributed by atoms with van der Waals surface area (Å²) >= 11 is 0. The van der Waals surface area contributed by atoms with Crippen molar-refractivity contribution in [1.82, 2.24) is 25.2 Å². The predicted octanol–water partition coefficient (Wildman–Crippen LogP) is 1.60. The summed E-state index contributed by atoms with van der Waals surface area (Å²) < 4.78 is 6.74. The summed E-state index contributed by atoms with van der Waals surface area (Å²) in [5.41, 5.74) is 2.75. The van der Waals surface area contributed by atoms with Gasteiger partial charge in [0.15, 0.2) is 0 Å². The number of rotatable bonds is 5. The molecule has 3 rings (SSSR count). The molecule has 0 fully saturated rings. The van der Waals surface area contributed by atoms with Crippen LogP contribution >= 0.6 is 0 Å². The minimum absolute atomic E-state index is 0.361. The number of aromatic nitrogens is 4. The van der Waals surface area contributed by atoms with E-state index in [1.54, 1.807) is 6.20 Å². The van der Waals surface area contributed by atoms with Crippen molar-refractivity contribution in [3.05, 3.63) is 42.5 Å². The van der Waals surface area contributed by atoms with Gasteiger partial charge in [-0.05, 0) is 34.9 Å². The fourth-order valence-corrected chi connectivity index (χ4v) is 2.01. The second-order valence-corrected chi connectivity index (χ2v) is 4.63. The van der Waals surface area contributed by atoms with E-state index in [2.05, 4.69) is 36.7 Å². The molecule has 1 N–H and O–H groups in total. The molecular weight excluding hydrogens is 242 g/mol. The molecular formula is C13H15N5O. The average Bonchev–Trinajstić information content (AvgIpc) is 3.06. The molecule has 0 saturated carbocycles. The fourth-order valence-electron chi connectivity index (χ4n) is 2.01. The van der Waals surface area contributed by atoms with Gasteiger partial charge in [-0.2, -0.15) is 0 Å². The highest BCUT2D eigenvalue weighted by atomic mass is 16.6. The Morgan fingerprint density at radius 3 is 3.05 bits per heavy atom. The highest BCUT2D eigenvalue weighted by molar-refractivity contribution is 5.73. The molecule has 3 aromatic rings. The molecule has 0 saturated heterocycles. The Balaban J connectivity index is 1.59. The molecule has 6 nitrogen and oxygen atoms in total. The Hall–Kier alpha value is -2.21. The number of nitrogens with zero attached hydrogens (tertiary/aromatic N) is 4. The lowest BCUT2D eigenvalue weighted by atomic mass is 10.2. The Morgan fingerprint density at radius 1 is 1.32 bits per heavy atom. The maximum atomic E-state index is 4.68. The van der Waals surface area contributed by atoms with Gasteiger partial charge in [-0.15, -0.1) is 0 Å². The molecule has 0 amide bonds. The SMILES string of the molecule is C[C@H](Cn1ccnc1)NCc1ccc2nonc2c1. The van der Waals surface area contributed by atoms with E-state index in [4.69, 9.17) is 0 Å². The molecule has 0 radical (unpaired) electrons. The van der Waals surface area contributed by atoms with Crippen molar-refractivity contribution in [2.45, 2.75) is 26.1 Å². The molecule has 1 atom stereocenters. The summed E-state index contributed by atoms with van der Waals surface area (Å²) in [4.78, 5) is 4.03. The van der Waals surface area contributed by atoms with Gasteiger partial charge in [-0.1, -0.05) is 6.07 Å². The van der Waals surface area contributed by atoms with Crippen LogP contribution in [0.25, 0.3) is 11.0 Å². The molecule has 0 aliphatic carbocycles. The van der Waals surface area contributed by atoms with E-state index in [-0.39, 0.29) is 0 Å². The number of hydrogen-bond donors (Lipinski definition) is 1. The van der Waals surface area contributed by atoms with Crippen molar-refractivity contribution in [3.8, 4) is 0 Å². The third-order valence-corrected chi connectivity index (χ3v) is 3.02. The highest BCUT2D eigenvalue weighted by Crippen LogP contribution is 2.11. The van der Waals surface area contributed by atoms with Crippen LogP contribution in [0.5, 0.6) is 0 Å². The molecule has 0 unspecified atom stereocenters. The maximum Gasteiger partial charge on any atom is 0.135 e. The van der Waals surface area contributed by atoms with Gasteiger partial charge >= 0.3 is 0 Å². The largest absolute Gasteiger partial charge is 0.336 e. The van der Waals surface area contributed by atoms with Gasteiger partial charge in [0.25, 0.3) is 0 Å². The van der Waals surface area contributed by atoms with E-state index in [1.165, 1.54) is 5.56 Å².